The Kier molecular flexibility index (Phi) is 6.14. The van der Waals surface area contributed by atoms with Crippen LogP contribution in [0.1, 0.15) is 47.9 Å². The van der Waals surface area contributed by atoms with Crippen LogP contribution in [0.2, 0.25) is 0 Å². The summed E-state index contributed by atoms with van der Waals surface area (Å²) < 4.78 is 5.70. The van der Waals surface area contributed by atoms with Crippen molar-refractivity contribution in [1.82, 2.24) is 5.32 Å². The molecular formula is C26H21N2O6-. The van der Waals surface area contributed by atoms with Crippen molar-refractivity contribution in [3.05, 3.63) is 83.1 Å². The predicted molar refractivity (Wildman–Crippen MR) is 123 cm³/mol. The van der Waals surface area contributed by atoms with Gasteiger partial charge in [0.2, 0.25) is 0 Å². The maximum absolute atomic E-state index is 13.1. The lowest BCUT2D eigenvalue weighted by Crippen LogP contribution is -2.54. The van der Waals surface area contributed by atoms with E-state index in [2.05, 4.69) is 19.2 Å². The first kappa shape index (κ1) is 22.7. The third-order valence-electron chi connectivity index (χ3n) is 5.73. The highest BCUT2D eigenvalue weighted by atomic mass is 16.4. The summed E-state index contributed by atoms with van der Waals surface area (Å²) in [6, 6.07) is 15.3. The first-order valence-electron chi connectivity index (χ1n) is 10.7. The lowest BCUT2D eigenvalue weighted by atomic mass is 9.98. The average molecular weight is 457 g/mol. The molecule has 1 aliphatic heterocycles. The molecule has 1 aliphatic rings. The number of carbonyl (C=O) groups excluding carboxylic acids is 4. The molecule has 1 aromatic heterocycles. The van der Waals surface area contributed by atoms with Crippen LogP contribution in [-0.4, -0.2) is 23.8 Å². The monoisotopic (exact) mass is 457 g/mol. The molecule has 34 heavy (non-hydrogen) atoms. The number of carboxylic acids is 1. The van der Waals surface area contributed by atoms with Gasteiger partial charge in [0.1, 0.15) is 17.1 Å². The Morgan fingerprint density at radius 2 is 1.82 bits per heavy atom. The minimum atomic E-state index is -1.32. The highest BCUT2D eigenvalue weighted by molar-refractivity contribution is 6.39. The normalized spacial score (nSPS) is 16.0. The van der Waals surface area contributed by atoms with Crippen molar-refractivity contribution in [3.8, 4) is 11.3 Å². The molecular weight excluding hydrogens is 436 g/mol. The second kappa shape index (κ2) is 9.19. The van der Waals surface area contributed by atoms with E-state index in [9.17, 15) is 24.3 Å². The summed E-state index contributed by atoms with van der Waals surface area (Å²) in [6.45, 7) is 4.16. The van der Waals surface area contributed by atoms with Crippen molar-refractivity contribution in [3.63, 3.8) is 0 Å². The third kappa shape index (κ3) is 4.38. The predicted octanol–water partition coefficient (Wildman–Crippen LogP) is 3.49. The molecule has 2 heterocycles. The van der Waals surface area contributed by atoms with E-state index in [-0.39, 0.29) is 16.9 Å². The van der Waals surface area contributed by atoms with Crippen molar-refractivity contribution in [2.24, 2.45) is 0 Å². The molecule has 2 aromatic carbocycles. The van der Waals surface area contributed by atoms with Crippen LogP contribution in [0, 0.1) is 0 Å². The molecule has 0 radical (unpaired) electrons. The minimum Gasteiger partial charge on any atom is -0.545 e. The maximum atomic E-state index is 13.1. The highest BCUT2D eigenvalue weighted by Crippen LogP contribution is 2.27. The number of carbonyl (C=O) groups is 4. The van der Waals surface area contributed by atoms with Crippen LogP contribution >= 0.6 is 0 Å². The van der Waals surface area contributed by atoms with Gasteiger partial charge in [-0.15, -0.1) is 0 Å². The average Bonchev–Trinajstić information content (AvgIpc) is 3.30. The molecule has 1 atom stereocenters. The highest BCUT2D eigenvalue weighted by Gasteiger charge is 2.37. The summed E-state index contributed by atoms with van der Waals surface area (Å²) in [5.41, 5.74) is 1.63. The zero-order valence-corrected chi connectivity index (χ0v) is 18.5. The smallest absolute Gasteiger partial charge is 0.335 e. The molecule has 0 aliphatic carbocycles. The second-order valence-electron chi connectivity index (χ2n) is 7.93. The number of nitrogens with zero attached hydrogens (tertiary/aromatic N) is 1. The number of anilines is 1. The van der Waals surface area contributed by atoms with Gasteiger partial charge in [0.15, 0.2) is 0 Å². The van der Waals surface area contributed by atoms with Crippen molar-refractivity contribution >= 4 is 35.6 Å². The summed E-state index contributed by atoms with van der Waals surface area (Å²) in [5.74, 6) is -2.07. The lowest BCUT2D eigenvalue weighted by Gasteiger charge is -2.26. The quantitative estimate of drug-likeness (QED) is 0.447. The second-order valence-corrected chi connectivity index (χ2v) is 7.93. The fourth-order valence-electron chi connectivity index (χ4n) is 3.61. The van der Waals surface area contributed by atoms with E-state index in [4.69, 9.17) is 4.42 Å². The van der Waals surface area contributed by atoms with Gasteiger partial charge >= 0.3 is 6.03 Å². The number of furan rings is 1. The van der Waals surface area contributed by atoms with E-state index in [0.717, 1.165) is 16.9 Å². The van der Waals surface area contributed by atoms with E-state index in [1.165, 1.54) is 24.3 Å². The fourth-order valence-corrected chi connectivity index (χ4v) is 3.61. The SMILES string of the molecule is CC[C@H](C)c1ccc(N2C(=O)NC(=O)/C(=C/c3ccc(-c4cccc(C(=O)[O-])c4)o3)C2=O)cc1. The standard InChI is InChI=1S/C26H22N2O6/c1-3-15(2)16-7-9-19(10-8-16)28-24(30)21(23(29)27-26(28)33)14-20-11-12-22(34-20)17-5-4-6-18(13-17)25(31)32/h4-15H,3H2,1-2H3,(H,31,32)(H,27,29,33)/p-1/b21-14-/t15-/m0/s1. The summed E-state index contributed by atoms with van der Waals surface area (Å²) >= 11 is 0. The number of imide groups is 2. The minimum absolute atomic E-state index is 0.0101. The van der Waals surface area contributed by atoms with Crippen LogP contribution in [-0.2, 0) is 9.59 Å². The van der Waals surface area contributed by atoms with Crippen LogP contribution in [0.3, 0.4) is 0 Å². The summed E-state index contributed by atoms with van der Waals surface area (Å²) in [7, 11) is 0. The Morgan fingerprint density at radius 3 is 2.50 bits per heavy atom. The zero-order chi connectivity index (χ0) is 24.4. The first-order valence-corrected chi connectivity index (χ1v) is 10.7. The number of amides is 4. The van der Waals surface area contributed by atoms with E-state index in [1.54, 1.807) is 30.3 Å². The molecule has 4 rings (SSSR count). The number of barbiturate groups is 1. The molecule has 4 amide bonds. The summed E-state index contributed by atoms with van der Waals surface area (Å²) in [5, 5.41) is 13.3. The largest absolute Gasteiger partial charge is 0.545 e. The Bertz CT molecular complexity index is 1320. The van der Waals surface area contributed by atoms with Gasteiger partial charge in [-0.25, -0.2) is 9.69 Å². The fraction of sp³-hybridized carbons (Fsp3) is 0.154. The summed E-state index contributed by atoms with van der Waals surface area (Å²) in [4.78, 5) is 49.9. The van der Waals surface area contributed by atoms with Crippen LogP contribution in [0.15, 0.2) is 70.7 Å². The van der Waals surface area contributed by atoms with Crippen molar-refractivity contribution in [2.45, 2.75) is 26.2 Å². The van der Waals surface area contributed by atoms with Gasteiger partial charge in [-0.05, 0) is 59.9 Å². The Balaban J connectivity index is 1.63. The molecule has 0 spiro atoms. The van der Waals surface area contributed by atoms with Crippen LogP contribution in [0.4, 0.5) is 10.5 Å². The lowest BCUT2D eigenvalue weighted by molar-refractivity contribution is -0.255. The molecule has 1 N–H and O–H groups in total. The number of hydrogen-bond donors (Lipinski definition) is 1. The van der Waals surface area contributed by atoms with Crippen molar-refractivity contribution < 1.29 is 28.7 Å². The molecule has 8 heteroatoms. The van der Waals surface area contributed by atoms with Gasteiger partial charge in [0.25, 0.3) is 11.8 Å². The van der Waals surface area contributed by atoms with Gasteiger partial charge in [0.05, 0.1) is 11.7 Å². The van der Waals surface area contributed by atoms with E-state index in [0.29, 0.717) is 22.9 Å². The van der Waals surface area contributed by atoms with Gasteiger partial charge in [0, 0.05) is 5.56 Å². The zero-order valence-electron chi connectivity index (χ0n) is 18.5. The molecule has 0 unspecified atom stereocenters. The number of aromatic carboxylic acids is 1. The van der Waals surface area contributed by atoms with Crippen LogP contribution in [0.25, 0.3) is 17.4 Å². The van der Waals surface area contributed by atoms with E-state index in [1.807, 2.05) is 12.1 Å². The van der Waals surface area contributed by atoms with Gasteiger partial charge in [-0.3, -0.25) is 14.9 Å². The van der Waals surface area contributed by atoms with Crippen LogP contribution < -0.4 is 15.3 Å². The number of carboxylic acid groups (broad SMARTS) is 1. The molecule has 0 saturated carbocycles. The Hall–Kier alpha value is -4.46. The topological polar surface area (TPSA) is 120 Å². The number of nitrogens with one attached hydrogen (secondary N) is 1. The molecule has 8 nitrogen and oxygen atoms in total. The molecule has 1 saturated heterocycles. The molecule has 172 valence electrons. The third-order valence-corrected chi connectivity index (χ3v) is 5.73. The van der Waals surface area contributed by atoms with Crippen LogP contribution in [0.5, 0.6) is 0 Å². The number of rotatable bonds is 6. The van der Waals surface area contributed by atoms with Gasteiger partial charge in [-0.2, -0.15) is 0 Å². The Morgan fingerprint density at radius 1 is 1.09 bits per heavy atom. The van der Waals surface area contributed by atoms with Gasteiger partial charge < -0.3 is 14.3 Å². The number of urea groups is 1. The number of hydrogen-bond acceptors (Lipinski definition) is 6. The molecule has 3 aromatic rings. The first-order chi connectivity index (χ1) is 16.3. The summed E-state index contributed by atoms with van der Waals surface area (Å²) in [6.07, 6.45) is 2.20. The van der Waals surface area contributed by atoms with Crippen molar-refractivity contribution in [2.75, 3.05) is 4.90 Å². The molecule has 1 fully saturated rings. The van der Waals surface area contributed by atoms with Gasteiger partial charge in [-0.1, -0.05) is 44.2 Å². The maximum Gasteiger partial charge on any atom is 0.335 e. The van der Waals surface area contributed by atoms with E-state index >= 15 is 0 Å². The van der Waals surface area contributed by atoms with E-state index < -0.39 is 23.8 Å². The Labute approximate surface area is 195 Å². The molecule has 0 bridgehead atoms. The van der Waals surface area contributed by atoms with Crippen molar-refractivity contribution in [1.29, 1.82) is 0 Å². The number of benzene rings is 2.